The molecular formula is C10H17FN2O3S. The van der Waals surface area contributed by atoms with E-state index >= 15 is 0 Å². The van der Waals surface area contributed by atoms with E-state index in [4.69, 9.17) is 4.74 Å². The number of nitrogens with zero attached hydrogens (tertiary/aromatic N) is 1. The fraction of sp³-hybridized carbons (Fsp3) is 0.900. The molecule has 5 nitrogen and oxygen atoms in total. The minimum absolute atomic E-state index is 0.102. The third-order valence-corrected chi connectivity index (χ3v) is 4.07. The number of aliphatic hydroxyl groups is 2. The van der Waals surface area contributed by atoms with Crippen molar-refractivity contribution in [1.82, 2.24) is 5.32 Å². The van der Waals surface area contributed by atoms with Gasteiger partial charge in [0.25, 0.3) is 0 Å². The van der Waals surface area contributed by atoms with Crippen LogP contribution in [-0.2, 0) is 4.74 Å². The number of aliphatic imine (C=N–C) groups is 1. The lowest BCUT2D eigenvalue weighted by molar-refractivity contribution is -0.156. The Morgan fingerprint density at radius 3 is 2.88 bits per heavy atom. The number of ether oxygens (including phenoxy) is 1. The van der Waals surface area contributed by atoms with Gasteiger partial charge in [-0.05, 0) is 6.42 Å². The Kier molecular flexibility index (Phi) is 4.24. The number of hydrogen-bond donors (Lipinski definition) is 3. The molecule has 0 aromatic carbocycles. The van der Waals surface area contributed by atoms with Gasteiger partial charge in [-0.1, -0.05) is 18.7 Å². The summed E-state index contributed by atoms with van der Waals surface area (Å²) in [7, 11) is 0. The van der Waals surface area contributed by atoms with E-state index in [0.717, 1.165) is 0 Å². The number of rotatable bonds is 3. The summed E-state index contributed by atoms with van der Waals surface area (Å²) in [5.41, 5.74) is -0.267. The first kappa shape index (κ1) is 13.1. The molecule has 0 aliphatic carbocycles. The Morgan fingerprint density at radius 2 is 2.24 bits per heavy atom. The molecule has 7 heteroatoms. The molecule has 0 radical (unpaired) electrons. The van der Waals surface area contributed by atoms with Crippen LogP contribution < -0.4 is 5.32 Å². The third-order valence-electron chi connectivity index (χ3n) is 2.96. The molecule has 0 spiro atoms. The maximum atomic E-state index is 12.0. The van der Waals surface area contributed by atoms with Crippen molar-refractivity contribution >= 4 is 16.9 Å². The molecule has 0 unspecified atom stereocenters. The van der Waals surface area contributed by atoms with Gasteiger partial charge >= 0.3 is 0 Å². The van der Waals surface area contributed by atoms with Crippen LogP contribution in [0.3, 0.4) is 0 Å². The van der Waals surface area contributed by atoms with Crippen molar-refractivity contribution in [3.63, 3.8) is 0 Å². The summed E-state index contributed by atoms with van der Waals surface area (Å²) in [4.78, 5) is 4.00. The van der Waals surface area contributed by atoms with Crippen LogP contribution >= 0.6 is 11.8 Å². The van der Waals surface area contributed by atoms with Crippen molar-refractivity contribution < 1.29 is 19.3 Å². The molecule has 0 aromatic heterocycles. The highest BCUT2D eigenvalue weighted by molar-refractivity contribution is 8.14. The van der Waals surface area contributed by atoms with Crippen LogP contribution in [0.2, 0.25) is 0 Å². The summed E-state index contributed by atoms with van der Waals surface area (Å²) in [6, 6.07) is -0.379. The second-order valence-corrected chi connectivity index (χ2v) is 5.18. The lowest BCUT2D eigenvalue weighted by Crippen LogP contribution is -2.58. The highest BCUT2D eigenvalue weighted by atomic mass is 32.2. The van der Waals surface area contributed by atoms with Gasteiger partial charge < -0.3 is 20.3 Å². The van der Waals surface area contributed by atoms with Gasteiger partial charge in [0.2, 0.25) is 0 Å². The summed E-state index contributed by atoms with van der Waals surface area (Å²) >= 11 is 1.34. The molecule has 3 N–H and O–H groups in total. The maximum Gasteiger partial charge on any atom is 0.159 e. The quantitative estimate of drug-likeness (QED) is 0.662. The number of hydrogen-bond acceptors (Lipinski definition) is 5. The van der Waals surface area contributed by atoms with Crippen molar-refractivity contribution in [2.75, 3.05) is 13.2 Å². The van der Waals surface area contributed by atoms with Gasteiger partial charge in [-0.3, -0.25) is 4.99 Å². The lowest BCUT2D eigenvalue weighted by atomic mass is 9.97. The number of halogens is 1. The van der Waals surface area contributed by atoms with Crippen LogP contribution in [0.1, 0.15) is 13.3 Å². The number of alkyl halides is 1. The van der Waals surface area contributed by atoms with Crippen molar-refractivity contribution in [2.24, 2.45) is 4.99 Å². The van der Waals surface area contributed by atoms with Crippen LogP contribution in [-0.4, -0.2) is 58.4 Å². The molecule has 0 aromatic rings. The van der Waals surface area contributed by atoms with Crippen LogP contribution in [0.25, 0.3) is 0 Å². The number of thioether (sulfide) groups is 1. The Labute approximate surface area is 103 Å². The molecule has 2 heterocycles. The SMILES string of the molecule is CC[C@H]1O[C@@H]2SC(=NCCF)N[C@@H]2[C@@H](O)[C@@H]1O. The average molecular weight is 264 g/mol. The molecule has 17 heavy (non-hydrogen) atoms. The van der Waals surface area contributed by atoms with Crippen LogP contribution in [0.5, 0.6) is 0 Å². The van der Waals surface area contributed by atoms with Crippen LogP contribution in [0, 0.1) is 0 Å². The highest BCUT2D eigenvalue weighted by Crippen LogP contribution is 2.34. The normalized spacial score (nSPS) is 43.5. The average Bonchev–Trinajstić information content (AvgIpc) is 2.74. The molecule has 2 aliphatic rings. The second kappa shape index (κ2) is 5.51. The summed E-state index contributed by atoms with van der Waals surface area (Å²) in [6.07, 6.45) is -1.50. The fourth-order valence-corrected chi connectivity index (χ4v) is 3.20. The van der Waals surface area contributed by atoms with E-state index in [1.807, 2.05) is 6.92 Å². The fourth-order valence-electron chi connectivity index (χ4n) is 2.04. The van der Waals surface area contributed by atoms with Gasteiger partial charge in [-0.15, -0.1) is 0 Å². The highest BCUT2D eigenvalue weighted by Gasteiger charge is 2.48. The molecule has 0 amide bonds. The predicted molar refractivity (Wildman–Crippen MR) is 63.8 cm³/mol. The number of fused-ring (bicyclic) bond motifs is 1. The first-order valence-electron chi connectivity index (χ1n) is 5.72. The standard InChI is InChI=1S/C10H17FN2O3S/c1-2-5-7(14)8(15)6-9(16-5)17-10(13-6)12-4-3-11/h5-9,14-15H,2-4H2,1H3,(H,12,13)/t5-,6-,7-,8-,9-/m1/s1. The van der Waals surface area contributed by atoms with E-state index in [0.29, 0.717) is 11.6 Å². The number of aliphatic hydroxyl groups excluding tert-OH is 2. The topological polar surface area (TPSA) is 74.1 Å². The molecular weight excluding hydrogens is 247 g/mol. The largest absolute Gasteiger partial charge is 0.388 e. The van der Waals surface area contributed by atoms with E-state index in [2.05, 4.69) is 10.3 Å². The summed E-state index contributed by atoms with van der Waals surface area (Å²) in [6.45, 7) is 1.49. The Hall–Kier alpha value is -0.370. The van der Waals surface area contributed by atoms with Crippen molar-refractivity contribution in [3.8, 4) is 0 Å². The van der Waals surface area contributed by atoms with Gasteiger partial charge in [0, 0.05) is 0 Å². The van der Waals surface area contributed by atoms with E-state index < -0.39 is 18.9 Å². The first-order chi connectivity index (χ1) is 8.17. The monoisotopic (exact) mass is 264 g/mol. The van der Waals surface area contributed by atoms with Gasteiger partial charge in [0.05, 0.1) is 18.7 Å². The molecule has 2 fully saturated rings. The maximum absolute atomic E-state index is 12.0. The Morgan fingerprint density at radius 1 is 1.47 bits per heavy atom. The molecule has 2 rings (SSSR count). The predicted octanol–water partition coefficient (Wildman–Crippen LogP) is -0.126. The Balaban J connectivity index is 2.04. The first-order valence-corrected chi connectivity index (χ1v) is 6.60. The molecule has 5 atom stereocenters. The minimum atomic E-state index is -0.894. The molecule has 2 saturated heterocycles. The molecule has 0 bridgehead atoms. The van der Waals surface area contributed by atoms with Gasteiger partial charge in [0.1, 0.15) is 24.3 Å². The molecule has 0 saturated carbocycles. The zero-order valence-electron chi connectivity index (χ0n) is 9.54. The smallest absolute Gasteiger partial charge is 0.159 e. The van der Waals surface area contributed by atoms with E-state index in [-0.39, 0.29) is 24.1 Å². The summed E-state index contributed by atoms with van der Waals surface area (Å²) in [5, 5.41) is 23.3. The van der Waals surface area contributed by atoms with Gasteiger partial charge in [-0.25, -0.2) is 4.39 Å². The zero-order valence-corrected chi connectivity index (χ0v) is 10.4. The summed E-state index contributed by atoms with van der Waals surface area (Å²) < 4.78 is 17.7. The van der Waals surface area contributed by atoms with E-state index in [1.165, 1.54) is 11.8 Å². The zero-order chi connectivity index (χ0) is 12.4. The van der Waals surface area contributed by atoms with E-state index in [9.17, 15) is 14.6 Å². The van der Waals surface area contributed by atoms with Crippen molar-refractivity contribution in [1.29, 1.82) is 0 Å². The van der Waals surface area contributed by atoms with Crippen LogP contribution in [0.15, 0.2) is 4.99 Å². The minimum Gasteiger partial charge on any atom is -0.388 e. The van der Waals surface area contributed by atoms with Crippen molar-refractivity contribution in [2.45, 2.75) is 43.1 Å². The summed E-state index contributed by atoms with van der Waals surface area (Å²) in [5.74, 6) is 0. The van der Waals surface area contributed by atoms with Gasteiger partial charge in [-0.2, -0.15) is 0 Å². The second-order valence-electron chi connectivity index (χ2n) is 4.10. The van der Waals surface area contributed by atoms with Crippen molar-refractivity contribution in [3.05, 3.63) is 0 Å². The van der Waals surface area contributed by atoms with Gasteiger partial charge in [0.15, 0.2) is 5.17 Å². The third kappa shape index (κ3) is 2.57. The molecule has 98 valence electrons. The molecule has 2 aliphatic heterocycles. The number of amidine groups is 1. The Bertz CT molecular complexity index is 305. The van der Waals surface area contributed by atoms with Crippen LogP contribution in [0.4, 0.5) is 4.39 Å². The van der Waals surface area contributed by atoms with E-state index in [1.54, 1.807) is 0 Å². The lowest BCUT2D eigenvalue weighted by Gasteiger charge is -2.38. The number of nitrogens with one attached hydrogen (secondary N) is 1.